The summed E-state index contributed by atoms with van der Waals surface area (Å²) >= 11 is 0. The van der Waals surface area contributed by atoms with E-state index in [4.69, 9.17) is 0 Å². The van der Waals surface area contributed by atoms with Gasteiger partial charge in [0.05, 0.1) is 12.8 Å². The normalized spacial score (nSPS) is 10.0. The minimum atomic E-state index is 0.0240. The van der Waals surface area contributed by atoms with E-state index in [1.807, 2.05) is 38.1 Å². The second kappa shape index (κ2) is 8.29. The summed E-state index contributed by atoms with van der Waals surface area (Å²) in [5, 5.41) is 5.60. The Labute approximate surface area is 114 Å². The molecule has 0 unspecified atom stereocenters. The van der Waals surface area contributed by atoms with E-state index in [9.17, 15) is 9.59 Å². The van der Waals surface area contributed by atoms with Gasteiger partial charge in [0, 0.05) is 13.1 Å². The third-order valence-electron chi connectivity index (χ3n) is 2.70. The predicted octanol–water partition coefficient (Wildman–Crippen LogP) is 1.43. The summed E-state index contributed by atoms with van der Waals surface area (Å²) in [6, 6.07) is 7.61. The molecule has 0 spiro atoms. The van der Waals surface area contributed by atoms with Crippen molar-refractivity contribution in [2.24, 2.45) is 0 Å². The highest BCUT2D eigenvalue weighted by molar-refractivity contribution is 5.79. The molecule has 0 saturated carbocycles. The Hall–Kier alpha value is -1.84. The molecule has 1 aromatic carbocycles. The fourth-order valence-electron chi connectivity index (χ4n) is 1.73. The first-order valence-electron chi connectivity index (χ1n) is 6.77. The second-order valence-corrected chi connectivity index (χ2v) is 4.47. The molecule has 0 aromatic heterocycles. The van der Waals surface area contributed by atoms with E-state index in [-0.39, 0.29) is 11.8 Å². The molecule has 1 aromatic rings. The number of likely N-dealkylation sites (N-methyl/N-ethyl adjacent to an activating group) is 1. The number of nitrogens with one attached hydrogen (secondary N) is 2. The topological polar surface area (TPSA) is 58.2 Å². The molecule has 0 aliphatic carbocycles. The fraction of sp³-hybridized carbons (Fsp3) is 0.467. The molecule has 2 amide bonds. The van der Waals surface area contributed by atoms with Gasteiger partial charge in [0.15, 0.2) is 0 Å². The Morgan fingerprint density at radius 3 is 1.79 bits per heavy atom. The average Bonchev–Trinajstić information content (AvgIpc) is 2.39. The number of rotatable bonds is 7. The minimum absolute atomic E-state index is 0.0240. The van der Waals surface area contributed by atoms with Gasteiger partial charge in [0.25, 0.3) is 0 Å². The molecule has 1 rings (SSSR count). The van der Waals surface area contributed by atoms with Crippen molar-refractivity contribution in [3.05, 3.63) is 35.4 Å². The Morgan fingerprint density at radius 1 is 0.895 bits per heavy atom. The van der Waals surface area contributed by atoms with E-state index < -0.39 is 0 Å². The van der Waals surface area contributed by atoms with Crippen LogP contribution in [0.15, 0.2) is 24.3 Å². The third kappa shape index (κ3) is 6.04. The molecular formula is C15H22N2O2. The molecule has 0 aliphatic heterocycles. The summed E-state index contributed by atoms with van der Waals surface area (Å²) in [5.41, 5.74) is 1.93. The highest BCUT2D eigenvalue weighted by Crippen LogP contribution is 2.06. The van der Waals surface area contributed by atoms with Crippen LogP contribution in [0.1, 0.15) is 31.4 Å². The Balaban J connectivity index is 2.47. The monoisotopic (exact) mass is 262 g/mol. The first-order valence-corrected chi connectivity index (χ1v) is 6.77. The van der Waals surface area contributed by atoms with Gasteiger partial charge in [-0.15, -0.1) is 0 Å². The number of carbonyl (C=O) groups is 2. The predicted molar refractivity (Wildman–Crippen MR) is 75.8 cm³/mol. The smallest absolute Gasteiger partial charge is 0.224 e. The van der Waals surface area contributed by atoms with Crippen LogP contribution in [0.3, 0.4) is 0 Å². The molecule has 2 N–H and O–H groups in total. The van der Waals surface area contributed by atoms with Crippen molar-refractivity contribution in [1.82, 2.24) is 10.6 Å². The maximum atomic E-state index is 11.5. The molecular weight excluding hydrogens is 240 g/mol. The summed E-state index contributed by atoms with van der Waals surface area (Å²) in [5.74, 6) is 0.0641. The number of amides is 2. The molecule has 0 atom stereocenters. The van der Waals surface area contributed by atoms with Gasteiger partial charge >= 0.3 is 0 Å². The van der Waals surface area contributed by atoms with Gasteiger partial charge in [-0.3, -0.25) is 9.59 Å². The first-order chi connectivity index (χ1) is 9.15. The minimum Gasteiger partial charge on any atom is -0.356 e. The van der Waals surface area contributed by atoms with Crippen molar-refractivity contribution in [2.45, 2.75) is 33.1 Å². The van der Waals surface area contributed by atoms with Crippen molar-refractivity contribution in [3.8, 4) is 0 Å². The summed E-state index contributed by atoms with van der Waals surface area (Å²) in [6.45, 7) is 5.29. The van der Waals surface area contributed by atoms with Crippen molar-refractivity contribution < 1.29 is 9.59 Å². The molecule has 4 nitrogen and oxygen atoms in total. The Bertz CT molecular complexity index is 413. The van der Waals surface area contributed by atoms with E-state index in [0.29, 0.717) is 25.9 Å². The fourth-order valence-corrected chi connectivity index (χ4v) is 1.73. The largest absolute Gasteiger partial charge is 0.356 e. The van der Waals surface area contributed by atoms with E-state index in [1.165, 1.54) is 0 Å². The molecule has 0 aliphatic rings. The third-order valence-corrected chi connectivity index (χ3v) is 2.70. The SMILES string of the molecule is CCCNC(=O)Cc1ccc(CC(=O)NCC)cc1. The molecule has 0 heterocycles. The maximum absolute atomic E-state index is 11.5. The molecule has 0 saturated heterocycles. The molecule has 0 radical (unpaired) electrons. The van der Waals surface area contributed by atoms with Gasteiger partial charge in [0.1, 0.15) is 0 Å². The van der Waals surface area contributed by atoms with Crippen LogP contribution < -0.4 is 10.6 Å². The Kier molecular flexibility index (Phi) is 6.64. The number of carbonyl (C=O) groups excluding carboxylic acids is 2. The van der Waals surface area contributed by atoms with E-state index in [1.54, 1.807) is 0 Å². The quantitative estimate of drug-likeness (QED) is 0.781. The maximum Gasteiger partial charge on any atom is 0.224 e. The van der Waals surface area contributed by atoms with Crippen LogP contribution in [0.4, 0.5) is 0 Å². The van der Waals surface area contributed by atoms with Crippen LogP contribution in [-0.4, -0.2) is 24.9 Å². The summed E-state index contributed by atoms with van der Waals surface area (Å²) in [7, 11) is 0. The molecule has 19 heavy (non-hydrogen) atoms. The van der Waals surface area contributed by atoms with Gasteiger partial charge in [0.2, 0.25) is 11.8 Å². The van der Waals surface area contributed by atoms with E-state index in [2.05, 4.69) is 10.6 Å². The second-order valence-electron chi connectivity index (χ2n) is 4.47. The molecule has 4 heteroatoms. The lowest BCUT2D eigenvalue weighted by molar-refractivity contribution is -0.121. The number of hydrogen-bond acceptors (Lipinski definition) is 2. The summed E-state index contributed by atoms with van der Waals surface area (Å²) < 4.78 is 0. The van der Waals surface area contributed by atoms with Crippen molar-refractivity contribution in [2.75, 3.05) is 13.1 Å². The average molecular weight is 262 g/mol. The zero-order chi connectivity index (χ0) is 14.1. The van der Waals surface area contributed by atoms with E-state index in [0.717, 1.165) is 17.5 Å². The lowest BCUT2D eigenvalue weighted by Crippen LogP contribution is -2.25. The highest BCUT2D eigenvalue weighted by Gasteiger charge is 2.04. The number of benzene rings is 1. The van der Waals surface area contributed by atoms with Gasteiger partial charge in [-0.25, -0.2) is 0 Å². The van der Waals surface area contributed by atoms with Crippen LogP contribution >= 0.6 is 0 Å². The molecule has 0 fully saturated rings. The van der Waals surface area contributed by atoms with Crippen molar-refractivity contribution in [1.29, 1.82) is 0 Å². The number of hydrogen-bond donors (Lipinski definition) is 2. The first kappa shape index (κ1) is 15.2. The van der Waals surface area contributed by atoms with Crippen LogP contribution in [0.5, 0.6) is 0 Å². The van der Waals surface area contributed by atoms with Crippen molar-refractivity contribution >= 4 is 11.8 Å². The molecule has 104 valence electrons. The van der Waals surface area contributed by atoms with Crippen LogP contribution in [0.2, 0.25) is 0 Å². The zero-order valence-electron chi connectivity index (χ0n) is 11.7. The van der Waals surface area contributed by atoms with Crippen LogP contribution in [0, 0.1) is 0 Å². The standard InChI is InChI=1S/C15H22N2O2/c1-3-9-17-15(19)11-13-7-5-12(6-8-13)10-14(18)16-4-2/h5-8H,3-4,9-11H2,1-2H3,(H,16,18)(H,17,19). The Morgan fingerprint density at radius 2 is 1.37 bits per heavy atom. The van der Waals surface area contributed by atoms with Crippen molar-refractivity contribution in [3.63, 3.8) is 0 Å². The van der Waals surface area contributed by atoms with Gasteiger partial charge in [-0.05, 0) is 24.5 Å². The lowest BCUT2D eigenvalue weighted by Gasteiger charge is -2.05. The van der Waals surface area contributed by atoms with Gasteiger partial charge in [-0.2, -0.15) is 0 Å². The zero-order valence-corrected chi connectivity index (χ0v) is 11.7. The van der Waals surface area contributed by atoms with Gasteiger partial charge < -0.3 is 10.6 Å². The van der Waals surface area contributed by atoms with Gasteiger partial charge in [-0.1, -0.05) is 31.2 Å². The summed E-state index contributed by atoms with van der Waals surface area (Å²) in [6.07, 6.45) is 1.72. The van der Waals surface area contributed by atoms with Crippen LogP contribution in [0.25, 0.3) is 0 Å². The van der Waals surface area contributed by atoms with E-state index >= 15 is 0 Å². The van der Waals surface area contributed by atoms with Crippen LogP contribution in [-0.2, 0) is 22.4 Å². The lowest BCUT2D eigenvalue weighted by atomic mass is 10.1. The summed E-state index contributed by atoms with van der Waals surface area (Å²) in [4.78, 5) is 23.0. The molecule has 0 bridgehead atoms. The highest BCUT2D eigenvalue weighted by atomic mass is 16.2.